The second kappa shape index (κ2) is 6.52. The number of benzene rings is 1. The number of hydrogen-bond donors (Lipinski definition) is 1. The fourth-order valence-corrected chi connectivity index (χ4v) is 3.47. The Balaban J connectivity index is 2.05. The van der Waals surface area contributed by atoms with E-state index in [1.807, 2.05) is 25.1 Å². The Labute approximate surface area is 129 Å². The van der Waals surface area contributed by atoms with E-state index in [2.05, 4.69) is 32.2 Å². The molecule has 2 nitrogen and oxygen atoms in total. The highest BCUT2D eigenvalue weighted by Crippen LogP contribution is 2.37. The second-order valence-corrected chi connectivity index (χ2v) is 7.52. The summed E-state index contributed by atoms with van der Waals surface area (Å²) in [5, 5.41) is 13.0. The van der Waals surface area contributed by atoms with E-state index in [9.17, 15) is 5.26 Å². The first-order valence-electron chi connectivity index (χ1n) is 8.18. The Hall–Kier alpha value is -1.49. The van der Waals surface area contributed by atoms with E-state index in [1.54, 1.807) is 0 Å². The maximum Gasteiger partial charge on any atom is 0.102 e. The van der Waals surface area contributed by atoms with Gasteiger partial charge in [-0.15, -0.1) is 0 Å². The molecule has 1 aliphatic carbocycles. The van der Waals surface area contributed by atoms with Gasteiger partial charge in [-0.25, -0.2) is 0 Å². The van der Waals surface area contributed by atoms with Crippen molar-refractivity contribution >= 4 is 5.69 Å². The van der Waals surface area contributed by atoms with E-state index in [4.69, 9.17) is 0 Å². The average Bonchev–Trinajstić information content (AvgIpc) is 2.64. The van der Waals surface area contributed by atoms with Gasteiger partial charge in [0.1, 0.15) is 6.07 Å². The maximum absolute atomic E-state index is 9.34. The molecule has 1 fully saturated rings. The van der Waals surface area contributed by atoms with Crippen LogP contribution in [0, 0.1) is 29.6 Å². The molecule has 0 saturated heterocycles. The summed E-state index contributed by atoms with van der Waals surface area (Å²) in [4.78, 5) is 0. The van der Waals surface area contributed by atoms with Crippen LogP contribution in [0.5, 0.6) is 0 Å². The Bertz CT molecular complexity index is 519. The maximum atomic E-state index is 9.34. The molecule has 1 aromatic rings. The van der Waals surface area contributed by atoms with Gasteiger partial charge >= 0.3 is 0 Å². The SMILES string of the molecule is Cc1cccc(NC2CCCC(C(C)(C)C)CC2)c1C#N. The van der Waals surface area contributed by atoms with Crippen molar-refractivity contribution in [1.82, 2.24) is 0 Å². The highest BCUT2D eigenvalue weighted by molar-refractivity contribution is 5.61. The van der Waals surface area contributed by atoms with E-state index < -0.39 is 0 Å². The number of nitriles is 1. The zero-order valence-corrected chi connectivity index (χ0v) is 13.9. The minimum absolute atomic E-state index is 0.413. The van der Waals surface area contributed by atoms with Gasteiger partial charge in [-0.3, -0.25) is 0 Å². The molecule has 0 radical (unpaired) electrons. The molecule has 2 rings (SSSR count). The third kappa shape index (κ3) is 4.00. The molecular weight excluding hydrogens is 256 g/mol. The normalized spacial score (nSPS) is 23.2. The van der Waals surface area contributed by atoms with Crippen molar-refractivity contribution in [3.05, 3.63) is 29.3 Å². The summed E-state index contributed by atoms with van der Waals surface area (Å²) in [6.07, 6.45) is 6.33. The molecular formula is C19H28N2. The predicted molar refractivity (Wildman–Crippen MR) is 89.3 cm³/mol. The quantitative estimate of drug-likeness (QED) is 0.751. The van der Waals surface area contributed by atoms with Crippen LogP contribution in [0.1, 0.15) is 64.0 Å². The van der Waals surface area contributed by atoms with Crippen LogP contribution in [0.25, 0.3) is 0 Å². The first-order valence-corrected chi connectivity index (χ1v) is 8.18. The molecule has 21 heavy (non-hydrogen) atoms. The molecule has 0 spiro atoms. The summed E-state index contributed by atoms with van der Waals surface area (Å²) in [6, 6.07) is 8.93. The van der Waals surface area contributed by atoms with Crippen molar-refractivity contribution in [2.75, 3.05) is 5.32 Å². The summed E-state index contributed by atoms with van der Waals surface area (Å²) in [5.41, 5.74) is 3.28. The molecule has 0 amide bonds. The standard InChI is InChI=1S/C19H28N2/c1-14-7-5-10-18(17(14)13-20)21-16-9-6-8-15(11-12-16)19(2,3)4/h5,7,10,15-16,21H,6,8-9,11-12H2,1-4H3. The Morgan fingerprint density at radius 1 is 1.14 bits per heavy atom. The van der Waals surface area contributed by atoms with Crippen molar-refractivity contribution in [3.8, 4) is 6.07 Å². The van der Waals surface area contributed by atoms with Gasteiger partial charge in [-0.05, 0) is 55.6 Å². The largest absolute Gasteiger partial charge is 0.381 e. The Morgan fingerprint density at radius 3 is 2.57 bits per heavy atom. The summed E-state index contributed by atoms with van der Waals surface area (Å²) in [6.45, 7) is 9.09. The highest BCUT2D eigenvalue weighted by Gasteiger charge is 2.27. The zero-order valence-electron chi connectivity index (χ0n) is 13.9. The van der Waals surface area contributed by atoms with E-state index in [0.29, 0.717) is 11.5 Å². The molecule has 0 aliphatic heterocycles. The molecule has 0 aromatic heterocycles. The molecule has 114 valence electrons. The molecule has 2 unspecified atom stereocenters. The van der Waals surface area contributed by atoms with Crippen LogP contribution in [-0.4, -0.2) is 6.04 Å². The van der Waals surface area contributed by atoms with Gasteiger partial charge in [-0.2, -0.15) is 5.26 Å². The van der Waals surface area contributed by atoms with Crippen LogP contribution in [0.15, 0.2) is 18.2 Å². The van der Waals surface area contributed by atoms with Gasteiger partial charge < -0.3 is 5.32 Å². The lowest BCUT2D eigenvalue weighted by molar-refractivity contribution is 0.214. The van der Waals surface area contributed by atoms with Crippen molar-refractivity contribution in [2.24, 2.45) is 11.3 Å². The third-order valence-corrected chi connectivity index (χ3v) is 4.94. The van der Waals surface area contributed by atoms with Gasteiger partial charge in [0.25, 0.3) is 0 Å². The van der Waals surface area contributed by atoms with E-state index in [0.717, 1.165) is 22.7 Å². The molecule has 1 aliphatic rings. The predicted octanol–water partition coefficient (Wildman–Crippen LogP) is 5.27. The number of aryl methyl sites for hydroxylation is 1. The third-order valence-electron chi connectivity index (χ3n) is 4.94. The van der Waals surface area contributed by atoms with Crippen molar-refractivity contribution < 1.29 is 0 Å². The molecule has 2 atom stereocenters. The number of hydrogen-bond acceptors (Lipinski definition) is 2. The first kappa shape index (κ1) is 15.9. The first-order chi connectivity index (χ1) is 9.91. The van der Waals surface area contributed by atoms with Crippen LogP contribution in [0.4, 0.5) is 5.69 Å². The number of anilines is 1. The fraction of sp³-hybridized carbons (Fsp3) is 0.632. The van der Waals surface area contributed by atoms with Crippen molar-refractivity contribution in [3.63, 3.8) is 0 Å². The van der Waals surface area contributed by atoms with Gasteiger partial charge in [0.05, 0.1) is 11.3 Å². The van der Waals surface area contributed by atoms with Crippen LogP contribution in [0.3, 0.4) is 0 Å². The van der Waals surface area contributed by atoms with Crippen LogP contribution in [0.2, 0.25) is 0 Å². The number of nitrogens with zero attached hydrogens (tertiary/aromatic N) is 1. The number of nitrogens with one attached hydrogen (secondary N) is 1. The summed E-state index contributed by atoms with van der Waals surface area (Å²) in [5.74, 6) is 0.817. The van der Waals surface area contributed by atoms with Crippen LogP contribution >= 0.6 is 0 Å². The smallest absolute Gasteiger partial charge is 0.102 e. The fourth-order valence-electron chi connectivity index (χ4n) is 3.47. The molecule has 1 aromatic carbocycles. The second-order valence-electron chi connectivity index (χ2n) is 7.52. The highest BCUT2D eigenvalue weighted by atomic mass is 14.9. The summed E-state index contributed by atoms with van der Waals surface area (Å²) < 4.78 is 0. The van der Waals surface area contributed by atoms with Crippen molar-refractivity contribution in [2.45, 2.75) is 65.8 Å². The lowest BCUT2D eigenvalue weighted by Crippen LogP contribution is -2.22. The van der Waals surface area contributed by atoms with Gasteiger partial charge in [0, 0.05) is 6.04 Å². The minimum atomic E-state index is 0.413. The topological polar surface area (TPSA) is 35.8 Å². The monoisotopic (exact) mass is 284 g/mol. The molecule has 2 heteroatoms. The number of rotatable bonds is 2. The van der Waals surface area contributed by atoms with Gasteiger partial charge in [0.15, 0.2) is 0 Å². The molecule has 1 saturated carbocycles. The summed E-state index contributed by atoms with van der Waals surface area (Å²) in [7, 11) is 0. The lowest BCUT2D eigenvalue weighted by atomic mass is 9.76. The summed E-state index contributed by atoms with van der Waals surface area (Å²) >= 11 is 0. The van der Waals surface area contributed by atoms with Gasteiger partial charge in [-0.1, -0.05) is 39.3 Å². The van der Waals surface area contributed by atoms with E-state index >= 15 is 0 Å². The zero-order chi connectivity index (χ0) is 15.5. The van der Waals surface area contributed by atoms with E-state index in [-0.39, 0.29) is 0 Å². The molecule has 1 N–H and O–H groups in total. The van der Waals surface area contributed by atoms with Crippen LogP contribution < -0.4 is 5.32 Å². The van der Waals surface area contributed by atoms with Crippen molar-refractivity contribution in [1.29, 1.82) is 5.26 Å². The Kier molecular flexibility index (Phi) is 4.93. The average molecular weight is 284 g/mol. The van der Waals surface area contributed by atoms with E-state index in [1.165, 1.54) is 32.1 Å². The van der Waals surface area contributed by atoms with Gasteiger partial charge in [0.2, 0.25) is 0 Å². The minimum Gasteiger partial charge on any atom is -0.381 e. The molecule has 0 heterocycles. The molecule has 0 bridgehead atoms. The lowest BCUT2D eigenvalue weighted by Gasteiger charge is -2.29. The Morgan fingerprint density at radius 2 is 1.90 bits per heavy atom. The van der Waals surface area contributed by atoms with Crippen LogP contribution in [-0.2, 0) is 0 Å².